The monoisotopic (exact) mass is 698 g/mol. The summed E-state index contributed by atoms with van der Waals surface area (Å²) in [6.45, 7) is 0. The van der Waals surface area contributed by atoms with Gasteiger partial charge in [0.2, 0.25) is 0 Å². The van der Waals surface area contributed by atoms with E-state index in [2.05, 4.69) is 75.9 Å². The van der Waals surface area contributed by atoms with Gasteiger partial charge in [0.15, 0.2) is 17.2 Å². The van der Waals surface area contributed by atoms with E-state index in [-0.39, 0.29) is 5.78 Å². The third-order valence-corrected chi connectivity index (χ3v) is 7.76. The van der Waals surface area contributed by atoms with Crippen molar-refractivity contribution in [1.29, 1.82) is 0 Å². The number of aromatic nitrogens is 6. The molecule has 0 saturated heterocycles. The van der Waals surface area contributed by atoms with Gasteiger partial charge < -0.3 is 4.90 Å². The van der Waals surface area contributed by atoms with Gasteiger partial charge in [-0.15, -0.1) is 0 Å². The maximum absolute atomic E-state index is 11.6. The molecule has 4 heterocycles. The molecule has 2 aliphatic carbocycles. The Labute approximate surface area is 276 Å². The Hall–Kier alpha value is -2.49. The lowest BCUT2D eigenvalue weighted by Gasteiger charge is -2.10. The van der Waals surface area contributed by atoms with Crippen LogP contribution in [0.3, 0.4) is 0 Å². The highest BCUT2D eigenvalue weighted by atomic mass is 36.0. The SMILES string of the molecule is CN(C)c1ccccc1.Clc1ncnc2nn(C3CCCC3)cc12.O=C1CC=Nc2nn(C3CCCC3)cc21.O=P(Cl)(Cl)Cl. The van der Waals surface area contributed by atoms with E-state index in [0.717, 1.165) is 5.39 Å². The molecule has 3 aliphatic rings. The Balaban J connectivity index is 0.000000144. The first-order valence-electron chi connectivity index (χ1n) is 14.4. The second kappa shape index (κ2) is 16.2. The summed E-state index contributed by atoms with van der Waals surface area (Å²) in [6.07, 6.45) is 17.3. The Morgan fingerprint density at radius 3 is 1.93 bits per heavy atom. The number of ketones is 1. The van der Waals surface area contributed by atoms with Crippen LogP contribution >= 0.6 is 50.5 Å². The lowest BCUT2D eigenvalue weighted by molar-refractivity contribution is 0.100. The third-order valence-electron chi connectivity index (χ3n) is 7.46. The van der Waals surface area contributed by atoms with Gasteiger partial charge >= 0.3 is 5.20 Å². The largest absolute Gasteiger partial charge is 0.378 e. The van der Waals surface area contributed by atoms with Gasteiger partial charge in [0.05, 0.1) is 23.0 Å². The average Bonchev–Trinajstić information content (AvgIpc) is 3.79. The molecular formula is C29H35Cl4N8O2P. The fourth-order valence-electron chi connectivity index (χ4n) is 5.26. The van der Waals surface area contributed by atoms with Crippen molar-refractivity contribution in [2.24, 2.45) is 4.99 Å². The van der Waals surface area contributed by atoms with E-state index < -0.39 is 5.20 Å². The van der Waals surface area contributed by atoms with Gasteiger partial charge in [-0.1, -0.05) is 55.5 Å². The maximum atomic E-state index is 11.6. The van der Waals surface area contributed by atoms with Gasteiger partial charge in [-0.2, -0.15) is 10.2 Å². The van der Waals surface area contributed by atoms with Crippen molar-refractivity contribution in [3.05, 3.63) is 59.8 Å². The molecule has 4 aromatic rings. The quantitative estimate of drug-likeness (QED) is 0.155. The summed E-state index contributed by atoms with van der Waals surface area (Å²) in [5.41, 5.74) is 2.64. The second-order valence-electron chi connectivity index (χ2n) is 10.8. The minimum absolute atomic E-state index is 0.143. The van der Waals surface area contributed by atoms with E-state index in [1.165, 1.54) is 63.4 Å². The summed E-state index contributed by atoms with van der Waals surface area (Å²) >= 11 is 19.8. The molecule has 0 unspecified atom stereocenters. The van der Waals surface area contributed by atoms with Crippen molar-refractivity contribution in [1.82, 2.24) is 29.5 Å². The van der Waals surface area contributed by atoms with Crippen molar-refractivity contribution < 1.29 is 9.36 Å². The predicted octanol–water partition coefficient (Wildman–Crippen LogP) is 9.45. The first-order chi connectivity index (χ1) is 21.0. The normalized spacial score (nSPS) is 16.4. The number of halogens is 4. The molecule has 7 rings (SSSR count). The predicted molar refractivity (Wildman–Crippen MR) is 181 cm³/mol. The number of fused-ring (bicyclic) bond motifs is 2. The topological polar surface area (TPSA) is 111 Å². The van der Waals surface area contributed by atoms with Gasteiger partial charge in [0, 0.05) is 44.8 Å². The molecule has 2 fully saturated rings. The minimum Gasteiger partial charge on any atom is -0.378 e. The fourth-order valence-corrected chi connectivity index (χ4v) is 5.44. The summed E-state index contributed by atoms with van der Waals surface area (Å²) in [7, 11) is 4.07. The van der Waals surface area contributed by atoms with Crippen LogP contribution in [0.5, 0.6) is 0 Å². The Bertz CT molecular complexity index is 1590. The van der Waals surface area contributed by atoms with Gasteiger partial charge in [0.1, 0.15) is 11.5 Å². The molecule has 0 radical (unpaired) electrons. The van der Waals surface area contributed by atoms with Crippen molar-refractivity contribution in [2.45, 2.75) is 69.9 Å². The number of carbonyl (C=O) groups excluding carboxylic acids is 1. The summed E-state index contributed by atoms with van der Waals surface area (Å²) in [6, 6.07) is 11.3. The van der Waals surface area contributed by atoms with Crippen LogP contribution in [0.25, 0.3) is 11.0 Å². The van der Waals surface area contributed by atoms with Crippen molar-refractivity contribution in [3.63, 3.8) is 0 Å². The minimum atomic E-state index is -3.22. The van der Waals surface area contributed by atoms with Gasteiger partial charge in [-0.05, 0) is 71.5 Å². The zero-order valence-corrected chi connectivity index (χ0v) is 28.5. The smallest absolute Gasteiger partial charge is 0.339 e. The number of Topliss-reactive ketones (excluding diaryl/α,β-unsaturated/α-hetero) is 1. The maximum Gasteiger partial charge on any atom is 0.339 e. The Morgan fingerprint density at radius 2 is 1.43 bits per heavy atom. The van der Waals surface area contributed by atoms with Gasteiger partial charge in [0.25, 0.3) is 0 Å². The molecular weight excluding hydrogens is 665 g/mol. The number of aliphatic imine (C=N–C) groups is 1. The highest BCUT2D eigenvalue weighted by Gasteiger charge is 2.23. The first kappa shape index (κ1) is 34.4. The molecule has 1 aromatic carbocycles. The highest BCUT2D eigenvalue weighted by Crippen LogP contribution is 2.61. The zero-order chi connectivity index (χ0) is 31.7. The highest BCUT2D eigenvalue weighted by molar-refractivity contribution is 8.24. The molecule has 0 atom stereocenters. The summed E-state index contributed by atoms with van der Waals surface area (Å²) < 4.78 is 13.5. The lowest BCUT2D eigenvalue weighted by Crippen LogP contribution is -2.07. The van der Waals surface area contributed by atoms with Crippen LogP contribution in [0.4, 0.5) is 11.5 Å². The van der Waals surface area contributed by atoms with Crippen molar-refractivity contribution >= 4 is 85.1 Å². The fraction of sp³-hybridized carbons (Fsp3) is 0.448. The number of rotatable bonds is 3. The number of hydrogen-bond donors (Lipinski definition) is 0. The number of nitrogens with zero attached hydrogens (tertiary/aromatic N) is 8. The van der Waals surface area contributed by atoms with E-state index in [9.17, 15) is 9.36 Å². The van der Waals surface area contributed by atoms with E-state index in [1.54, 1.807) is 6.21 Å². The van der Waals surface area contributed by atoms with Crippen LogP contribution in [0.1, 0.15) is 80.2 Å². The molecule has 3 aromatic heterocycles. The summed E-state index contributed by atoms with van der Waals surface area (Å²) in [4.78, 5) is 25.9. The van der Waals surface area contributed by atoms with E-state index >= 15 is 0 Å². The third kappa shape index (κ3) is 10.3. The molecule has 2 saturated carbocycles. The van der Waals surface area contributed by atoms with Crippen LogP contribution in [0.15, 0.2) is 54.0 Å². The molecule has 15 heteroatoms. The van der Waals surface area contributed by atoms with E-state index in [1.807, 2.05) is 54.1 Å². The molecule has 236 valence electrons. The summed E-state index contributed by atoms with van der Waals surface area (Å²) in [5.74, 6) is 0.752. The standard InChI is InChI=1S/C11H13N3O.C10H11ClN4.C8H11N.Cl3OP/c15-10-5-6-12-11-9(10)7-14(13-11)8-3-1-2-4-8;11-9-8-5-15(7-3-1-2-4-7)14-10(8)13-6-12-9;1-9(2)8-6-4-3-5-7-8;1-5(2,3)4/h6-8H,1-5H2;5-7H,1-4H2;3-7H,1-2H3;. The Morgan fingerprint density at radius 1 is 0.864 bits per heavy atom. The molecule has 0 bridgehead atoms. The molecule has 0 amide bonds. The van der Waals surface area contributed by atoms with Crippen LogP contribution in [0.2, 0.25) is 5.15 Å². The van der Waals surface area contributed by atoms with Crippen molar-refractivity contribution in [3.8, 4) is 0 Å². The van der Waals surface area contributed by atoms with E-state index in [4.69, 9.17) is 11.6 Å². The molecule has 44 heavy (non-hydrogen) atoms. The first-order valence-corrected chi connectivity index (χ1v) is 19.2. The lowest BCUT2D eigenvalue weighted by atomic mass is 10.1. The zero-order valence-electron chi connectivity index (χ0n) is 24.6. The van der Waals surface area contributed by atoms with Gasteiger partial charge in [-0.3, -0.25) is 18.7 Å². The number of para-hydroxylation sites is 1. The molecule has 0 N–H and O–H groups in total. The number of anilines is 1. The number of carbonyl (C=O) groups is 1. The summed E-state index contributed by atoms with van der Waals surface area (Å²) in [5, 5.41) is 6.94. The van der Waals surface area contributed by atoms with Crippen LogP contribution in [-0.4, -0.2) is 55.6 Å². The molecule has 1 aliphatic heterocycles. The van der Waals surface area contributed by atoms with Crippen LogP contribution in [-0.2, 0) is 4.57 Å². The molecule has 10 nitrogen and oxygen atoms in total. The number of benzene rings is 1. The van der Waals surface area contributed by atoms with Gasteiger partial charge in [-0.25, -0.2) is 15.0 Å². The van der Waals surface area contributed by atoms with E-state index in [0.29, 0.717) is 40.7 Å². The molecule has 0 spiro atoms. The number of hydrogen-bond acceptors (Lipinski definition) is 8. The second-order valence-corrected chi connectivity index (χ2v) is 17.8. The van der Waals surface area contributed by atoms with Crippen LogP contribution in [0, 0.1) is 0 Å². The Kier molecular flexibility index (Phi) is 12.6. The van der Waals surface area contributed by atoms with Crippen LogP contribution < -0.4 is 4.90 Å². The average molecular weight is 700 g/mol. The van der Waals surface area contributed by atoms with Crippen molar-refractivity contribution in [2.75, 3.05) is 19.0 Å².